The number of nitrogens with two attached hydrogens (primary N) is 1. The van der Waals surface area contributed by atoms with Gasteiger partial charge in [-0.1, -0.05) is 126 Å². The Bertz CT molecular complexity index is 2010. The monoisotopic (exact) mass is 963 g/mol. The van der Waals surface area contributed by atoms with Crippen LogP contribution in [0.2, 0.25) is 0 Å². The van der Waals surface area contributed by atoms with Crippen LogP contribution in [0.15, 0.2) is 108 Å². The Kier molecular flexibility index (Phi) is 21.2. The number of carbonyl (C=O) groups is 1. The summed E-state index contributed by atoms with van der Waals surface area (Å²) in [7, 11) is 0. The van der Waals surface area contributed by atoms with E-state index in [2.05, 4.69) is 92.8 Å². The summed E-state index contributed by atoms with van der Waals surface area (Å²) in [5.41, 5.74) is 12.8. The van der Waals surface area contributed by atoms with E-state index in [0.29, 0.717) is 67.9 Å². The van der Waals surface area contributed by atoms with Crippen molar-refractivity contribution in [3.05, 3.63) is 124 Å². The molecule has 5 fully saturated rings. The first kappa shape index (κ1) is 56.0. The molecule has 1 amide bonds. The average Bonchev–Trinajstić information content (AvgIpc) is 4.14. The molecule has 2 aliphatic heterocycles. The van der Waals surface area contributed by atoms with Crippen molar-refractivity contribution in [2.45, 2.75) is 110 Å². The van der Waals surface area contributed by atoms with Gasteiger partial charge in [-0.3, -0.25) is 0 Å². The van der Waals surface area contributed by atoms with E-state index < -0.39 is 41.9 Å². The number of likely N-dealkylation sites (tertiary alicyclic amines) is 1. The van der Waals surface area contributed by atoms with Gasteiger partial charge < -0.3 is 20.7 Å². The van der Waals surface area contributed by atoms with E-state index in [0.717, 1.165) is 36.3 Å². The molecular weight excluding hydrogens is 893 g/mol. The van der Waals surface area contributed by atoms with E-state index in [-0.39, 0.29) is 43.8 Å². The molecule has 0 aromatic heterocycles. The van der Waals surface area contributed by atoms with Crippen LogP contribution in [0.1, 0.15) is 103 Å². The predicted octanol–water partition coefficient (Wildman–Crippen LogP) is 14.1. The van der Waals surface area contributed by atoms with E-state index in [9.17, 15) is 22.4 Å². The van der Waals surface area contributed by atoms with Crippen molar-refractivity contribution in [3.63, 3.8) is 0 Å². The second-order valence-electron chi connectivity index (χ2n) is 19.7. The molecule has 360 valence electrons. The molecule has 3 aliphatic carbocycles. The van der Waals surface area contributed by atoms with Crippen molar-refractivity contribution in [2.24, 2.45) is 47.2 Å². The third kappa shape index (κ3) is 17.4. The summed E-state index contributed by atoms with van der Waals surface area (Å²) in [5, 5.41) is 2.80. The minimum absolute atomic E-state index is 0. The molecule has 0 spiro atoms. The lowest BCUT2D eigenvalue weighted by Crippen LogP contribution is -2.52. The molecule has 8 atom stereocenters. The highest BCUT2D eigenvalue weighted by atomic mass is 35.5. The quantitative estimate of drug-likeness (QED) is 0.199. The minimum atomic E-state index is -2.86. The third-order valence-electron chi connectivity index (χ3n) is 13.2. The Morgan fingerprint density at radius 2 is 1.08 bits per heavy atom. The van der Waals surface area contributed by atoms with Crippen LogP contribution in [0.4, 0.5) is 22.4 Å². The molecule has 3 aromatic carbocycles. The molecule has 3 aromatic rings. The molecule has 8 unspecified atom stereocenters. The normalized spacial score (nSPS) is 27.6. The number of benzene rings is 3. The Morgan fingerprint density at radius 1 is 0.677 bits per heavy atom. The third-order valence-corrected chi connectivity index (χ3v) is 13.2. The fraction of sp³-hybridized carbons (Fsp3) is 0.528. The number of rotatable bonds is 10. The van der Waals surface area contributed by atoms with Gasteiger partial charge in [-0.05, 0) is 139 Å². The van der Waals surface area contributed by atoms with Crippen LogP contribution in [0.3, 0.4) is 0 Å². The lowest BCUT2D eigenvalue weighted by Gasteiger charge is -2.39. The van der Waals surface area contributed by atoms with Crippen LogP contribution in [0, 0.1) is 41.4 Å². The van der Waals surface area contributed by atoms with Gasteiger partial charge in [0.05, 0.1) is 13.1 Å². The van der Waals surface area contributed by atoms with Crippen LogP contribution in [-0.2, 0) is 4.74 Å². The lowest BCUT2D eigenvalue weighted by atomic mass is 9.87. The highest BCUT2D eigenvalue weighted by Crippen LogP contribution is 2.52. The summed E-state index contributed by atoms with van der Waals surface area (Å²) in [6, 6.07) is 31.2. The zero-order valence-corrected chi connectivity index (χ0v) is 41.3. The number of carbonyl (C=O) groups excluding carboxylic acids is 1. The second kappa shape index (κ2) is 24.6. The highest BCUT2D eigenvalue weighted by Gasteiger charge is 2.51. The Morgan fingerprint density at radius 3 is 1.45 bits per heavy atom. The van der Waals surface area contributed by atoms with Gasteiger partial charge in [0.2, 0.25) is 0 Å². The Balaban J connectivity index is 0.000000268. The maximum absolute atomic E-state index is 14.7. The molecule has 5 aliphatic rings. The van der Waals surface area contributed by atoms with Crippen molar-refractivity contribution in [3.8, 4) is 0 Å². The largest absolute Gasteiger partial charge is 0.444 e. The zero-order chi connectivity index (χ0) is 44.7. The molecule has 0 radical (unpaired) electrons. The lowest BCUT2D eigenvalue weighted by molar-refractivity contribution is -0.114. The fourth-order valence-electron chi connectivity index (χ4n) is 9.29. The molecule has 3 N–H and O–H groups in total. The molecule has 12 heteroatoms. The van der Waals surface area contributed by atoms with Crippen LogP contribution < -0.4 is 11.1 Å². The number of piperidine rings is 2. The van der Waals surface area contributed by atoms with E-state index in [1.165, 1.54) is 27.8 Å². The predicted molar refractivity (Wildman–Crippen MR) is 267 cm³/mol. The van der Waals surface area contributed by atoms with Gasteiger partial charge in [-0.2, -0.15) is 0 Å². The minimum Gasteiger partial charge on any atom is -0.444 e. The summed E-state index contributed by atoms with van der Waals surface area (Å²) >= 11 is 0. The SMILES string of the molecule is C/C(=C\c1ccccc1)C1CC1CC1CCN(C(=O)OC(C)(C)C)CC1(F)F.C/C(=C\c1ccccc1)C1CC1CC1CCNCC1(F)F.C/C(=C\c1ccccc1)C1CC1N.Cl.Cl.Cl. The fourth-order valence-corrected chi connectivity index (χ4v) is 9.29. The van der Waals surface area contributed by atoms with Crippen molar-refractivity contribution < 1.29 is 27.1 Å². The molecule has 3 saturated carbocycles. The molecule has 2 heterocycles. The molecule has 0 bridgehead atoms. The number of hydrogen-bond donors (Lipinski definition) is 2. The molecule has 5 nitrogen and oxygen atoms in total. The Hall–Kier alpha value is -3.34. The van der Waals surface area contributed by atoms with Gasteiger partial charge in [-0.15, -0.1) is 37.2 Å². The van der Waals surface area contributed by atoms with Gasteiger partial charge in [0.15, 0.2) is 0 Å². The van der Waals surface area contributed by atoms with E-state index in [1.54, 1.807) is 20.8 Å². The van der Waals surface area contributed by atoms with Crippen LogP contribution >= 0.6 is 37.2 Å². The summed E-state index contributed by atoms with van der Waals surface area (Å²) < 4.78 is 62.4. The van der Waals surface area contributed by atoms with Gasteiger partial charge in [0.1, 0.15) is 5.60 Å². The first-order valence-corrected chi connectivity index (χ1v) is 22.8. The first-order valence-electron chi connectivity index (χ1n) is 22.8. The first-order chi connectivity index (χ1) is 29.4. The van der Waals surface area contributed by atoms with Crippen molar-refractivity contribution >= 4 is 61.5 Å². The number of nitrogens with zero attached hydrogens (tertiary/aromatic N) is 1. The summed E-state index contributed by atoms with van der Waals surface area (Å²) in [6.07, 6.45) is 11.3. The van der Waals surface area contributed by atoms with Crippen molar-refractivity contribution in [1.29, 1.82) is 0 Å². The number of ether oxygens (including phenoxy) is 1. The summed E-state index contributed by atoms with van der Waals surface area (Å²) in [4.78, 5) is 13.3. The molecular formula is C53H72Cl3F4N3O2. The molecule has 65 heavy (non-hydrogen) atoms. The van der Waals surface area contributed by atoms with Crippen LogP contribution in [0.5, 0.6) is 0 Å². The molecule has 8 rings (SSSR count). The van der Waals surface area contributed by atoms with Gasteiger partial charge >= 0.3 is 6.09 Å². The maximum atomic E-state index is 14.7. The second-order valence-corrected chi connectivity index (χ2v) is 19.7. The highest BCUT2D eigenvalue weighted by molar-refractivity contribution is 5.86. The number of halogens is 7. The standard InChI is InChI=1S/C23H31F2NO2.C18H23F2N.C12H15N.3ClH/c1-16(12-17-8-6-5-7-9-17)20-14-18(20)13-19-10-11-26(15-23(19,24)25)21(27)28-22(2,3)4;1-13(9-14-5-3-2-4-6-14)17-11-15(17)10-16-7-8-21-12-18(16,19)20;1-9(11-8-12(11)13)7-10-5-3-2-4-6-10;;;/h5-9,12,18-20H,10-11,13-15H2,1-4H3;2-6,9,15-17,21H,7-8,10-12H2,1H3;2-7,11-12H,8,13H2,1H3;3*1H/b16-12+;13-9+;9-7+;;;. The van der Waals surface area contributed by atoms with Gasteiger partial charge in [0.25, 0.3) is 11.8 Å². The average molecular weight is 966 g/mol. The smallest absolute Gasteiger partial charge is 0.410 e. The van der Waals surface area contributed by atoms with Gasteiger partial charge in [-0.25, -0.2) is 22.4 Å². The molecule has 2 saturated heterocycles. The van der Waals surface area contributed by atoms with Crippen LogP contribution in [0.25, 0.3) is 18.2 Å². The van der Waals surface area contributed by atoms with Gasteiger partial charge in [0, 0.05) is 24.4 Å². The van der Waals surface area contributed by atoms with E-state index in [1.807, 2.05) is 42.5 Å². The number of hydrogen-bond acceptors (Lipinski definition) is 4. The topological polar surface area (TPSA) is 67.6 Å². The number of alkyl halides is 4. The summed E-state index contributed by atoms with van der Waals surface area (Å²) in [5.74, 6) is -4.15. The number of allylic oxidation sites excluding steroid dienone is 2. The van der Waals surface area contributed by atoms with E-state index in [4.69, 9.17) is 10.5 Å². The van der Waals surface area contributed by atoms with Crippen molar-refractivity contribution in [1.82, 2.24) is 10.2 Å². The van der Waals surface area contributed by atoms with Crippen LogP contribution in [-0.4, -0.2) is 60.7 Å². The Labute approximate surface area is 404 Å². The maximum Gasteiger partial charge on any atom is 0.410 e. The number of amides is 1. The number of nitrogens with one attached hydrogen (secondary N) is 1. The van der Waals surface area contributed by atoms with E-state index >= 15 is 0 Å². The zero-order valence-electron chi connectivity index (χ0n) is 38.9. The van der Waals surface area contributed by atoms with Crippen molar-refractivity contribution in [2.75, 3.05) is 26.2 Å². The summed E-state index contributed by atoms with van der Waals surface area (Å²) in [6.45, 7) is 12.0.